The van der Waals surface area contributed by atoms with Crippen molar-refractivity contribution in [2.24, 2.45) is 0 Å². The molecule has 0 unspecified atom stereocenters. The molecular weight excluding hydrogens is 288 g/mol. The molecule has 0 saturated heterocycles. The molecule has 0 atom stereocenters. The molecule has 21 heavy (non-hydrogen) atoms. The number of amides is 1. The van der Waals surface area contributed by atoms with E-state index in [0.29, 0.717) is 17.3 Å². The normalized spacial score (nSPS) is 10.6. The highest BCUT2D eigenvalue weighted by molar-refractivity contribution is 7.15. The van der Waals surface area contributed by atoms with Crippen LogP contribution in [0.1, 0.15) is 21.1 Å². The van der Waals surface area contributed by atoms with Crippen molar-refractivity contribution in [3.8, 4) is 10.8 Å². The molecule has 0 aliphatic heterocycles. The molecule has 0 bridgehead atoms. The predicted octanol–water partition coefficient (Wildman–Crippen LogP) is 3.06. The zero-order chi connectivity index (χ0) is 14.8. The standard InChI is InChI=1S/C14H12N4O2S/c1-8-11(16-13(19)10-4-3-5-15-7-10)6-12(21-8)14-18-17-9(2)20-14/h3-7H,1-2H3,(H,16,19). The van der Waals surface area contributed by atoms with Crippen LogP contribution in [0.15, 0.2) is 35.0 Å². The van der Waals surface area contributed by atoms with Crippen LogP contribution in [0.5, 0.6) is 0 Å². The number of nitrogens with one attached hydrogen (secondary N) is 1. The van der Waals surface area contributed by atoms with Gasteiger partial charge in [0.15, 0.2) is 0 Å². The summed E-state index contributed by atoms with van der Waals surface area (Å²) in [6.45, 7) is 3.66. The lowest BCUT2D eigenvalue weighted by atomic mass is 10.2. The molecule has 1 amide bonds. The Morgan fingerprint density at radius 3 is 2.86 bits per heavy atom. The largest absolute Gasteiger partial charge is 0.420 e. The van der Waals surface area contributed by atoms with E-state index in [4.69, 9.17) is 4.42 Å². The Bertz CT molecular complexity index is 779. The van der Waals surface area contributed by atoms with E-state index in [1.807, 2.05) is 13.0 Å². The summed E-state index contributed by atoms with van der Waals surface area (Å²) >= 11 is 1.49. The monoisotopic (exact) mass is 300 g/mol. The van der Waals surface area contributed by atoms with Gasteiger partial charge in [-0.25, -0.2) is 0 Å². The number of pyridine rings is 1. The van der Waals surface area contributed by atoms with Crippen molar-refractivity contribution in [3.63, 3.8) is 0 Å². The molecule has 6 nitrogen and oxygen atoms in total. The molecule has 1 N–H and O–H groups in total. The molecule has 0 radical (unpaired) electrons. The second-order valence-corrected chi connectivity index (χ2v) is 5.66. The minimum Gasteiger partial charge on any atom is -0.420 e. The van der Waals surface area contributed by atoms with Gasteiger partial charge in [-0.2, -0.15) is 0 Å². The Morgan fingerprint density at radius 1 is 1.33 bits per heavy atom. The number of hydrogen-bond donors (Lipinski definition) is 1. The van der Waals surface area contributed by atoms with Crippen LogP contribution >= 0.6 is 11.3 Å². The molecule has 3 heterocycles. The van der Waals surface area contributed by atoms with E-state index < -0.39 is 0 Å². The summed E-state index contributed by atoms with van der Waals surface area (Å²) in [4.78, 5) is 17.9. The number of carbonyl (C=O) groups is 1. The molecule has 0 saturated carbocycles. The van der Waals surface area contributed by atoms with Gasteiger partial charge in [-0.3, -0.25) is 9.78 Å². The first-order valence-corrected chi connectivity index (χ1v) is 7.07. The lowest BCUT2D eigenvalue weighted by Gasteiger charge is -2.03. The van der Waals surface area contributed by atoms with Gasteiger partial charge in [-0.05, 0) is 25.1 Å². The third-order valence-electron chi connectivity index (χ3n) is 2.83. The first-order chi connectivity index (χ1) is 10.1. The molecule has 3 aromatic rings. The summed E-state index contributed by atoms with van der Waals surface area (Å²) in [6, 6.07) is 5.27. The summed E-state index contributed by atoms with van der Waals surface area (Å²) < 4.78 is 5.39. The van der Waals surface area contributed by atoms with Crippen LogP contribution in [0, 0.1) is 13.8 Å². The highest BCUT2D eigenvalue weighted by Crippen LogP contribution is 2.33. The van der Waals surface area contributed by atoms with Crippen molar-refractivity contribution in [2.75, 3.05) is 5.32 Å². The number of anilines is 1. The molecule has 0 fully saturated rings. The molecule has 0 spiro atoms. The molecule has 0 aliphatic carbocycles. The summed E-state index contributed by atoms with van der Waals surface area (Å²) in [5.41, 5.74) is 1.25. The van der Waals surface area contributed by atoms with Crippen molar-refractivity contribution in [1.82, 2.24) is 15.2 Å². The molecule has 0 aromatic carbocycles. The van der Waals surface area contributed by atoms with Crippen molar-refractivity contribution in [1.29, 1.82) is 0 Å². The highest BCUT2D eigenvalue weighted by atomic mass is 32.1. The fraction of sp³-hybridized carbons (Fsp3) is 0.143. The van der Waals surface area contributed by atoms with E-state index in [1.165, 1.54) is 17.5 Å². The van der Waals surface area contributed by atoms with Crippen LogP contribution < -0.4 is 5.32 Å². The van der Waals surface area contributed by atoms with Crippen LogP contribution in [0.4, 0.5) is 5.69 Å². The zero-order valence-electron chi connectivity index (χ0n) is 11.5. The van der Waals surface area contributed by atoms with Crippen molar-refractivity contribution in [3.05, 3.63) is 46.9 Å². The Kier molecular flexibility index (Phi) is 3.49. The number of thiophene rings is 1. The molecule has 3 aromatic heterocycles. The van der Waals surface area contributed by atoms with Gasteiger partial charge in [0, 0.05) is 24.2 Å². The Labute approximate surface area is 124 Å². The van der Waals surface area contributed by atoms with E-state index in [2.05, 4.69) is 20.5 Å². The first kappa shape index (κ1) is 13.4. The smallest absolute Gasteiger partial charge is 0.257 e. The van der Waals surface area contributed by atoms with Crippen LogP contribution in [0.3, 0.4) is 0 Å². The fourth-order valence-corrected chi connectivity index (χ4v) is 2.70. The number of carbonyl (C=O) groups excluding carboxylic acids is 1. The maximum Gasteiger partial charge on any atom is 0.257 e. The average Bonchev–Trinajstić information content (AvgIpc) is 3.07. The number of rotatable bonds is 3. The predicted molar refractivity (Wildman–Crippen MR) is 79.3 cm³/mol. The van der Waals surface area contributed by atoms with E-state index in [-0.39, 0.29) is 5.91 Å². The van der Waals surface area contributed by atoms with Gasteiger partial charge in [0.1, 0.15) is 0 Å². The van der Waals surface area contributed by atoms with Gasteiger partial charge in [-0.15, -0.1) is 21.5 Å². The quantitative estimate of drug-likeness (QED) is 0.804. The highest BCUT2D eigenvalue weighted by Gasteiger charge is 2.14. The topological polar surface area (TPSA) is 80.9 Å². The average molecular weight is 300 g/mol. The third kappa shape index (κ3) is 2.82. The maximum absolute atomic E-state index is 12.1. The van der Waals surface area contributed by atoms with Gasteiger partial charge < -0.3 is 9.73 Å². The summed E-state index contributed by atoms with van der Waals surface area (Å²) in [7, 11) is 0. The number of nitrogens with zero attached hydrogens (tertiary/aromatic N) is 3. The Hall–Kier alpha value is -2.54. The minimum atomic E-state index is -0.197. The molecule has 3 rings (SSSR count). The summed E-state index contributed by atoms with van der Waals surface area (Å²) in [5, 5.41) is 10.6. The first-order valence-electron chi connectivity index (χ1n) is 6.26. The van der Waals surface area contributed by atoms with Crippen LogP contribution in [-0.4, -0.2) is 21.1 Å². The molecular formula is C14H12N4O2S. The van der Waals surface area contributed by atoms with Crippen LogP contribution in [0.25, 0.3) is 10.8 Å². The summed E-state index contributed by atoms with van der Waals surface area (Å²) in [6.07, 6.45) is 3.15. The molecule has 7 heteroatoms. The van der Waals surface area contributed by atoms with Gasteiger partial charge in [-0.1, -0.05) is 0 Å². The number of aryl methyl sites for hydroxylation is 2. The lowest BCUT2D eigenvalue weighted by molar-refractivity contribution is 0.102. The SMILES string of the molecule is Cc1nnc(-c2cc(NC(=O)c3cccnc3)c(C)s2)o1. The van der Waals surface area contributed by atoms with Crippen LogP contribution in [0.2, 0.25) is 0 Å². The maximum atomic E-state index is 12.1. The molecule has 106 valence electrons. The third-order valence-corrected chi connectivity index (χ3v) is 3.87. The van der Waals surface area contributed by atoms with E-state index in [1.54, 1.807) is 25.3 Å². The van der Waals surface area contributed by atoms with Gasteiger partial charge in [0.05, 0.1) is 16.1 Å². The molecule has 0 aliphatic rings. The van der Waals surface area contributed by atoms with Crippen molar-refractivity contribution in [2.45, 2.75) is 13.8 Å². The van der Waals surface area contributed by atoms with E-state index in [9.17, 15) is 4.79 Å². The van der Waals surface area contributed by atoms with E-state index >= 15 is 0 Å². The van der Waals surface area contributed by atoms with Crippen molar-refractivity contribution < 1.29 is 9.21 Å². The Balaban J connectivity index is 1.84. The van der Waals surface area contributed by atoms with Crippen molar-refractivity contribution >= 4 is 22.9 Å². The Morgan fingerprint density at radius 2 is 2.19 bits per heavy atom. The van der Waals surface area contributed by atoms with Gasteiger partial charge in [0.25, 0.3) is 11.8 Å². The van der Waals surface area contributed by atoms with Gasteiger partial charge in [0.2, 0.25) is 5.89 Å². The summed E-state index contributed by atoms with van der Waals surface area (Å²) in [5.74, 6) is 0.775. The fourth-order valence-electron chi connectivity index (χ4n) is 1.80. The minimum absolute atomic E-state index is 0.197. The zero-order valence-corrected chi connectivity index (χ0v) is 12.3. The van der Waals surface area contributed by atoms with Gasteiger partial charge >= 0.3 is 0 Å². The van der Waals surface area contributed by atoms with E-state index in [0.717, 1.165) is 15.4 Å². The second-order valence-electron chi connectivity index (χ2n) is 4.40. The number of hydrogen-bond acceptors (Lipinski definition) is 6. The second kappa shape index (κ2) is 5.45. The number of aromatic nitrogens is 3. The van der Waals surface area contributed by atoms with Crippen LogP contribution in [-0.2, 0) is 0 Å². The lowest BCUT2D eigenvalue weighted by Crippen LogP contribution is -2.11.